The van der Waals surface area contributed by atoms with E-state index in [1.54, 1.807) is 40.9 Å². The lowest BCUT2D eigenvalue weighted by Gasteiger charge is -2.26. The van der Waals surface area contributed by atoms with Gasteiger partial charge in [0.15, 0.2) is 0 Å². The van der Waals surface area contributed by atoms with Gasteiger partial charge in [0.25, 0.3) is 0 Å². The first-order valence-corrected chi connectivity index (χ1v) is 9.56. The van der Waals surface area contributed by atoms with Crippen LogP contribution in [0.2, 0.25) is 0 Å². The molecule has 1 aliphatic rings. The number of anilines is 1. The van der Waals surface area contributed by atoms with Gasteiger partial charge in [0.05, 0.1) is 5.88 Å². The minimum Gasteiger partial charge on any atom is -0.492 e. The van der Waals surface area contributed by atoms with Gasteiger partial charge >= 0.3 is 0 Å². The predicted molar refractivity (Wildman–Crippen MR) is 109 cm³/mol. The molecule has 1 fully saturated rings. The van der Waals surface area contributed by atoms with Crippen LogP contribution >= 0.6 is 24.2 Å². The van der Waals surface area contributed by atoms with Gasteiger partial charge in [0.1, 0.15) is 18.4 Å². The van der Waals surface area contributed by atoms with Gasteiger partial charge in [-0.05, 0) is 29.7 Å². The molecule has 2 rings (SSSR count). The maximum atomic E-state index is 12.6. The molecule has 1 aromatic rings. The topological polar surface area (TPSA) is 84.7 Å². The molecule has 0 saturated carbocycles. The lowest BCUT2D eigenvalue weighted by Crippen LogP contribution is -2.45. The Balaban J connectivity index is 0.00000338. The number of nitrogens with one attached hydrogen (secondary N) is 1. The van der Waals surface area contributed by atoms with Crippen LogP contribution in [0.5, 0.6) is 5.75 Å². The molecule has 1 aromatic carbocycles. The molecule has 1 saturated heterocycles. The standard InChI is InChI=1S/C18H27N3O3S.ClH/c1-18(2,3)10-16(22)21-12-25-11-15(21)17(23)20-13-4-6-14(7-5-13)24-9-8-19;/h4-7,15H,8-12,19H2,1-3H3,(H,20,23);1H. The highest BCUT2D eigenvalue weighted by Crippen LogP contribution is 2.27. The Labute approximate surface area is 165 Å². The van der Waals surface area contributed by atoms with Crippen molar-refractivity contribution in [3.05, 3.63) is 24.3 Å². The van der Waals surface area contributed by atoms with E-state index in [-0.39, 0.29) is 29.6 Å². The predicted octanol–water partition coefficient (Wildman–Crippen LogP) is 2.72. The molecule has 0 aromatic heterocycles. The van der Waals surface area contributed by atoms with Gasteiger partial charge in [0, 0.05) is 24.4 Å². The van der Waals surface area contributed by atoms with Crippen molar-refractivity contribution in [2.75, 3.05) is 30.1 Å². The third-order valence-electron chi connectivity index (χ3n) is 3.70. The highest BCUT2D eigenvalue weighted by Gasteiger charge is 2.35. The number of amides is 2. The molecule has 0 radical (unpaired) electrons. The van der Waals surface area contributed by atoms with Crippen LogP contribution in [-0.4, -0.2) is 47.5 Å². The average molecular weight is 402 g/mol. The molecule has 0 aliphatic carbocycles. The van der Waals surface area contributed by atoms with Crippen LogP contribution in [0.25, 0.3) is 0 Å². The summed E-state index contributed by atoms with van der Waals surface area (Å²) >= 11 is 1.61. The average Bonchev–Trinajstić information content (AvgIpc) is 3.02. The van der Waals surface area contributed by atoms with Crippen LogP contribution in [0.1, 0.15) is 27.2 Å². The third-order valence-corrected chi connectivity index (χ3v) is 4.71. The second-order valence-electron chi connectivity index (χ2n) is 7.27. The quantitative estimate of drug-likeness (QED) is 0.765. The van der Waals surface area contributed by atoms with Gasteiger partial charge in [-0.3, -0.25) is 9.59 Å². The smallest absolute Gasteiger partial charge is 0.248 e. The summed E-state index contributed by atoms with van der Waals surface area (Å²) in [4.78, 5) is 26.7. The minimum absolute atomic E-state index is 0. The van der Waals surface area contributed by atoms with Crippen molar-refractivity contribution >= 4 is 41.7 Å². The van der Waals surface area contributed by atoms with Crippen LogP contribution < -0.4 is 15.8 Å². The van der Waals surface area contributed by atoms with E-state index in [1.807, 2.05) is 20.8 Å². The van der Waals surface area contributed by atoms with Gasteiger partial charge in [-0.15, -0.1) is 24.2 Å². The number of carbonyl (C=O) groups excluding carboxylic acids is 2. The van der Waals surface area contributed by atoms with Crippen molar-refractivity contribution in [1.82, 2.24) is 4.90 Å². The van der Waals surface area contributed by atoms with E-state index in [1.165, 1.54) is 0 Å². The van der Waals surface area contributed by atoms with Crippen LogP contribution in [0.3, 0.4) is 0 Å². The normalized spacial score (nSPS) is 16.8. The number of ether oxygens (including phenoxy) is 1. The van der Waals surface area contributed by atoms with Gasteiger partial charge in [0.2, 0.25) is 11.8 Å². The number of hydrogen-bond acceptors (Lipinski definition) is 5. The van der Waals surface area contributed by atoms with Crippen LogP contribution in [0.15, 0.2) is 24.3 Å². The van der Waals surface area contributed by atoms with E-state index < -0.39 is 6.04 Å². The van der Waals surface area contributed by atoms with Gasteiger partial charge in [-0.1, -0.05) is 20.8 Å². The van der Waals surface area contributed by atoms with Crippen molar-refractivity contribution in [3.63, 3.8) is 0 Å². The monoisotopic (exact) mass is 401 g/mol. The highest BCUT2D eigenvalue weighted by atomic mass is 35.5. The number of carbonyl (C=O) groups is 2. The lowest BCUT2D eigenvalue weighted by atomic mass is 9.91. The molecule has 26 heavy (non-hydrogen) atoms. The van der Waals surface area contributed by atoms with Crippen LogP contribution in [0.4, 0.5) is 5.69 Å². The first kappa shape index (κ1) is 22.6. The number of rotatable bonds is 6. The summed E-state index contributed by atoms with van der Waals surface area (Å²) in [5.41, 5.74) is 5.99. The zero-order chi connectivity index (χ0) is 18.4. The van der Waals surface area contributed by atoms with Crippen LogP contribution in [-0.2, 0) is 9.59 Å². The van der Waals surface area contributed by atoms with Crippen LogP contribution in [0, 0.1) is 5.41 Å². The molecule has 3 N–H and O–H groups in total. The minimum atomic E-state index is -0.423. The number of hydrogen-bond donors (Lipinski definition) is 2. The molecular formula is C18H28ClN3O3S. The zero-order valence-electron chi connectivity index (χ0n) is 15.5. The number of benzene rings is 1. The molecule has 8 heteroatoms. The fraction of sp³-hybridized carbons (Fsp3) is 0.556. The highest BCUT2D eigenvalue weighted by molar-refractivity contribution is 7.99. The lowest BCUT2D eigenvalue weighted by molar-refractivity contribution is -0.137. The summed E-state index contributed by atoms with van der Waals surface area (Å²) in [6.07, 6.45) is 0.435. The SMILES string of the molecule is CC(C)(C)CC(=O)N1CSCC1C(=O)Nc1ccc(OCCN)cc1.Cl. The van der Waals surface area contributed by atoms with Gasteiger partial charge in [-0.2, -0.15) is 0 Å². The summed E-state index contributed by atoms with van der Waals surface area (Å²) in [7, 11) is 0. The molecule has 2 amide bonds. The molecule has 1 aliphatic heterocycles. The number of halogens is 1. The molecule has 1 atom stereocenters. The summed E-state index contributed by atoms with van der Waals surface area (Å²) in [6, 6.07) is 6.72. The third kappa shape index (κ3) is 6.70. The first-order chi connectivity index (χ1) is 11.8. The Hall–Kier alpha value is -1.44. The number of nitrogens with zero attached hydrogens (tertiary/aromatic N) is 1. The van der Waals surface area contributed by atoms with E-state index in [9.17, 15) is 9.59 Å². The molecule has 1 heterocycles. The summed E-state index contributed by atoms with van der Waals surface area (Å²) in [5.74, 6) is 1.78. The number of thioether (sulfide) groups is 1. The van der Waals surface area contributed by atoms with E-state index >= 15 is 0 Å². The second-order valence-corrected chi connectivity index (χ2v) is 8.27. The Morgan fingerprint density at radius 3 is 2.54 bits per heavy atom. The van der Waals surface area contributed by atoms with Crippen molar-refractivity contribution in [2.24, 2.45) is 11.1 Å². The second kappa shape index (κ2) is 10.0. The molecule has 0 spiro atoms. The zero-order valence-corrected chi connectivity index (χ0v) is 17.1. The van der Waals surface area contributed by atoms with Crippen molar-refractivity contribution in [3.8, 4) is 5.75 Å². The van der Waals surface area contributed by atoms with Crippen molar-refractivity contribution in [2.45, 2.75) is 33.2 Å². The van der Waals surface area contributed by atoms with Gasteiger partial charge < -0.3 is 20.7 Å². The van der Waals surface area contributed by atoms with Gasteiger partial charge in [-0.25, -0.2) is 0 Å². The first-order valence-electron chi connectivity index (χ1n) is 8.41. The Morgan fingerprint density at radius 2 is 1.96 bits per heavy atom. The molecule has 6 nitrogen and oxygen atoms in total. The molecular weight excluding hydrogens is 374 g/mol. The fourth-order valence-corrected chi connectivity index (χ4v) is 3.68. The van der Waals surface area contributed by atoms with E-state index in [2.05, 4.69) is 5.32 Å². The van der Waals surface area contributed by atoms with Crippen molar-refractivity contribution < 1.29 is 14.3 Å². The maximum absolute atomic E-state index is 12.6. The van der Waals surface area contributed by atoms with E-state index in [0.717, 1.165) is 0 Å². The van der Waals surface area contributed by atoms with E-state index in [4.69, 9.17) is 10.5 Å². The van der Waals surface area contributed by atoms with E-state index in [0.29, 0.717) is 42.6 Å². The maximum Gasteiger partial charge on any atom is 0.248 e. The summed E-state index contributed by atoms with van der Waals surface area (Å²) in [5, 5.41) is 2.89. The summed E-state index contributed by atoms with van der Waals surface area (Å²) < 4.78 is 5.42. The Bertz CT molecular complexity index is 605. The Morgan fingerprint density at radius 1 is 1.31 bits per heavy atom. The largest absolute Gasteiger partial charge is 0.492 e. The summed E-state index contributed by atoms with van der Waals surface area (Å²) in [6.45, 7) is 6.98. The van der Waals surface area contributed by atoms with Crippen molar-refractivity contribution in [1.29, 1.82) is 0 Å². The molecule has 1 unspecified atom stereocenters. The molecule has 0 bridgehead atoms. The fourth-order valence-electron chi connectivity index (χ4n) is 2.50. The molecule has 146 valence electrons. The number of nitrogens with two attached hydrogens (primary N) is 1. The Kier molecular flexibility index (Phi) is 8.73.